The van der Waals surface area contributed by atoms with Crippen molar-refractivity contribution < 1.29 is 43.5 Å². The molecule has 0 aliphatic carbocycles. The summed E-state index contributed by atoms with van der Waals surface area (Å²) >= 11 is 0. The summed E-state index contributed by atoms with van der Waals surface area (Å²) in [6.07, 6.45) is -5.14. The summed E-state index contributed by atoms with van der Waals surface area (Å²) in [6.45, 7) is 3.09. The molecule has 2 aromatic rings. The molecule has 0 bridgehead atoms. The number of esters is 2. The standard InChI is InChI=1S/C20H23NO9/c1-10(23)21-8-15(13-6-4-5-7-14(13)21)29-20-19(28-12(3)25)17(26)18(27-11(2)24)16(9-22)30-20/h4-8,16-20,22,26H,9H2,1-3H3/t16-,17+,18-,19-,20+/m1/s1. The van der Waals surface area contributed by atoms with Crippen molar-refractivity contribution in [2.24, 2.45) is 0 Å². The fraction of sp³-hybridized carbons (Fsp3) is 0.450. The van der Waals surface area contributed by atoms with Crippen LogP contribution in [0.3, 0.4) is 0 Å². The molecule has 1 saturated heterocycles. The number of hydrogen-bond donors (Lipinski definition) is 2. The minimum absolute atomic E-state index is 0.245. The summed E-state index contributed by atoms with van der Waals surface area (Å²) in [5, 5.41) is 20.9. The first kappa shape index (κ1) is 21.8. The first-order chi connectivity index (χ1) is 14.2. The number of aromatic nitrogens is 1. The summed E-state index contributed by atoms with van der Waals surface area (Å²) in [5.74, 6) is -1.42. The number of hydrogen-bond acceptors (Lipinski definition) is 9. The molecule has 3 rings (SSSR count). The number of carbonyl (C=O) groups is 3. The van der Waals surface area contributed by atoms with E-state index in [2.05, 4.69) is 0 Å². The predicted molar refractivity (Wildman–Crippen MR) is 102 cm³/mol. The largest absolute Gasteiger partial charge is 0.458 e. The van der Waals surface area contributed by atoms with Gasteiger partial charge in [-0.3, -0.25) is 19.0 Å². The van der Waals surface area contributed by atoms with Crippen molar-refractivity contribution in [2.45, 2.75) is 51.5 Å². The monoisotopic (exact) mass is 421 g/mol. The summed E-state index contributed by atoms with van der Waals surface area (Å²) in [5.41, 5.74) is 0.594. The van der Waals surface area contributed by atoms with Gasteiger partial charge in [-0.2, -0.15) is 0 Å². The van der Waals surface area contributed by atoms with Crippen LogP contribution in [0.2, 0.25) is 0 Å². The number of aliphatic hydroxyl groups excluding tert-OH is 2. The number of rotatable bonds is 5. The van der Waals surface area contributed by atoms with Gasteiger partial charge in [-0.15, -0.1) is 0 Å². The Morgan fingerprint density at radius 2 is 1.70 bits per heavy atom. The van der Waals surface area contributed by atoms with E-state index in [0.717, 1.165) is 13.8 Å². The van der Waals surface area contributed by atoms with Gasteiger partial charge in [0.25, 0.3) is 0 Å². The number of nitrogens with zero attached hydrogens (tertiary/aromatic N) is 1. The second-order valence-electron chi connectivity index (χ2n) is 6.88. The van der Waals surface area contributed by atoms with Crippen molar-refractivity contribution >= 4 is 28.7 Å². The zero-order chi connectivity index (χ0) is 22.0. The van der Waals surface area contributed by atoms with Crippen molar-refractivity contribution in [3.8, 4) is 5.75 Å². The van der Waals surface area contributed by atoms with Gasteiger partial charge in [0.05, 0.1) is 18.3 Å². The van der Waals surface area contributed by atoms with Gasteiger partial charge < -0.3 is 29.2 Å². The average Bonchev–Trinajstić information content (AvgIpc) is 3.05. The molecule has 1 aromatic heterocycles. The molecule has 0 unspecified atom stereocenters. The molecule has 5 atom stereocenters. The Balaban J connectivity index is 1.97. The first-order valence-electron chi connectivity index (χ1n) is 9.29. The Labute approximate surface area is 171 Å². The lowest BCUT2D eigenvalue weighted by molar-refractivity contribution is -0.284. The van der Waals surface area contributed by atoms with Gasteiger partial charge >= 0.3 is 11.9 Å². The molecule has 0 spiro atoms. The van der Waals surface area contributed by atoms with Crippen LogP contribution < -0.4 is 4.74 Å². The third-order valence-electron chi connectivity index (χ3n) is 4.66. The predicted octanol–water partition coefficient (Wildman–Crippen LogP) is 0.622. The second kappa shape index (κ2) is 8.82. The Bertz CT molecular complexity index is 953. The molecule has 1 aliphatic heterocycles. The average molecular weight is 421 g/mol. The molecule has 2 N–H and O–H groups in total. The lowest BCUT2D eigenvalue weighted by Crippen LogP contribution is -2.62. The van der Waals surface area contributed by atoms with Crippen LogP contribution in [0.4, 0.5) is 0 Å². The van der Waals surface area contributed by atoms with Crippen molar-refractivity contribution in [1.29, 1.82) is 0 Å². The number of fused-ring (bicyclic) bond motifs is 1. The van der Waals surface area contributed by atoms with Crippen LogP contribution in [0, 0.1) is 0 Å². The Morgan fingerprint density at radius 3 is 2.30 bits per heavy atom. The molecule has 0 amide bonds. The van der Waals surface area contributed by atoms with E-state index in [-0.39, 0.29) is 11.7 Å². The molecule has 30 heavy (non-hydrogen) atoms. The SMILES string of the molecule is CC(=O)O[C@H]1[C@@H](Oc2cn(C(C)=O)c3ccccc23)O[C@H](CO)[C@@H](OC(C)=O)[C@@H]1O. The third-order valence-corrected chi connectivity index (χ3v) is 4.66. The van der Waals surface area contributed by atoms with E-state index in [4.69, 9.17) is 18.9 Å². The van der Waals surface area contributed by atoms with Crippen molar-refractivity contribution in [3.05, 3.63) is 30.5 Å². The highest BCUT2D eigenvalue weighted by molar-refractivity contribution is 5.95. The highest BCUT2D eigenvalue weighted by atomic mass is 16.7. The van der Waals surface area contributed by atoms with Gasteiger partial charge in [0.2, 0.25) is 12.2 Å². The molecule has 0 radical (unpaired) electrons. The molecule has 10 nitrogen and oxygen atoms in total. The van der Waals surface area contributed by atoms with E-state index in [1.165, 1.54) is 17.7 Å². The smallest absolute Gasteiger partial charge is 0.303 e. The van der Waals surface area contributed by atoms with Gasteiger partial charge in [-0.25, -0.2) is 0 Å². The molecule has 1 aromatic carbocycles. The molecule has 1 aliphatic rings. The summed E-state index contributed by atoms with van der Waals surface area (Å²) in [4.78, 5) is 34.9. The fourth-order valence-electron chi connectivity index (χ4n) is 3.42. The van der Waals surface area contributed by atoms with Crippen molar-refractivity contribution in [1.82, 2.24) is 4.57 Å². The maximum Gasteiger partial charge on any atom is 0.303 e. The Morgan fingerprint density at radius 1 is 1.07 bits per heavy atom. The molecular weight excluding hydrogens is 398 g/mol. The number of para-hydroxylation sites is 1. The van der Waals surface area contributed by atoms with Gasteiger partial charge in [0, 0.05) is 26.2 Å². The van der Waals surface area contributed by atoms with E-state index >= 15 is 0 Å². The van der Waals surface area contributed by atoms with Crippen LogP contribution in [-0.4, -0.2) is 69.9 Å². The number of ether oxygens (including phenoxy) is 4. The molecule has 10 heteroatoms. The maximum atomic E-state index is 12.0. The van der Waals surface area contributed by atoms with Crippen LogP contribution in [0.1, 0.15) is 25.6 Å². The van der Waals surface area contributed by atoms with Crippen LogP contribution in [-0.2, 0) is 23.8 Å². The number of benzene rings is 1. The molecule has 2 heterocycles. The summed E-state index contributed by atoms with van der Waals surface area (Å²) in [7, 11) is 0. The molecular formula is C20H23NO9. The van der Waals surface area contributed by atoms with Crippen LogP contribution >= 0.6 is 0 Å². The molecule has 162 valence electrons. The quantitative estimate of drug-likeness (QED) is 0.667. The highest BCUT2D eigenvalue weighted by Gasteiger charge is 2.50. The van der Waals surface area contributed by atoms with E-state index in [9.17, 15) is 24.6 Å². The van der Waals surface area contributed by atoms with E-state index in [1.54, 1.807) is 24.3 Å². The van der Waals surface area contributed by atoms with Gasteiger partial charge in [0.15, 0.2) is 12.2 Å². The maximum absolute atomic E-state index is 12.0. The highest BCUT2D eigenvalue weighted by Crippen LogP contribution is 2.33. The zero-order valence-electron chi connectivity index (χ0n) is 16.7. The Kier molecular flexibility index (Phi) is 6.40. The lowest BCUT2D eigenvalue weighted by atomic mass is 9.98. The van der Waals surface area contributed by atoms with Gasteiger partial charge in [-0.05, 0) is 12.1 Å². The molecule has 0 saturated carbocycles. The normalized spacial score (nSPS) is 26.2. The van der Waals surface area contributed by atoms with Gasteiger partial charge in [-0.1, -0.05) is 12.1 Å². The second-order valence-corrected chi connectivity index (χ2v) is 6.88. The zero-order valence-corrected chi connectivity index (χ0v) is 16.7. The summed E-state index contributed by atoms with van der Waals surface area (Å²) in [6, 6.07) is 6.99. The minimum atomic E-state index is -1.52. The van der Waals surface area contributed by atoms with Crippen molar-refractivity contribution in [3.63, 3.8) is 0 Å². The third kappa shape index (κ3) is 4.30. The minimum Gasteiger partial charge on any atom is -0.458 e. The van der Waals surface area contributed by atoms with Crippen LogP contribution in [0.15, 0.2) is 30.5 Å². The number of aliphatic hydroxyl groups is 2. The van der Waals surface area contributed by atoms with Crippen LogP contribution in [0.5, 0.6) is 5.75 Å². The fourth-order valence-corrected chi connectivity index (χ4v) is 3.42. The first-order valence-corrected chi connectivity index (χ1v) is 9.29. The lowest BCUT2D eigenvalue weighted by Gasteiger charge is -2.42. The molecule has 1 fully saturated rings. The van der Waals surface area contributed by atoms with Crippen molar-refractivity contribution in [2.75, 3.05) is 6.61 Å². The topological polar surface area (TPSA) is 134 Å². The van der Waals surface area contributed by atoms with E-state index in [0.29, 0.717) is 10.9 Å². The summed E-state index contributed by atoms with van der Waals surface area (Å²) < 4.78 is 23.2. The number of carbonyl (C=O) groups excluding carboxylic acids is 3. The van der Waals surface area contributed by atoms with Crippen LogP contribution in [0.25, 0.3) is 10.9 Å². The van der Waals surface area contributed by atoms with E-state index < -0.39 is 49.3 Å². The van der Waals surface area contributed by atoms with E-state index in [1.807, 2.05) is 0 Å². The van der Waals surface area contributed by atoms with Gasteiger partial charge in [0.1, 0.15) is 18.0 Å². The Hall–Kier alpha value is -2.95.